The predicted octanol–water partition coefficient (Wildman–Crippen LogP) is 2.72. The summed E-state index contributed by atoms with van der Waals surface area (Å²) in [7, 11) is 2.24. The average Bonchev–Trinajstić information content (AvgIpc) is 2.49. The van der Waals surface area contributed by atoms with Crippen LogP contribution < -0.4 is 10.2 Å². The van der Waals surface area contributed by atoms with Crippen molar-refractivity contribution < 1.29 is 0 Å². The van der Waals surface area contributed by atoms with Gasteiger partial charge >= 0.3 is 0 Å². The van der Waals surface area contributed by atoms with Crippen molar-refractivity contribution in [2.75, 3.05) is 38.1 Å². The highest BCUT2D eigenvalue weighted by Gasteiger charge is 2.22. The van der Waals surface area contributed by atoms with Crippen LogP contribution in [-0.2, 0) is 6.54 Å². The van der Waals surface area contributed by atoms with Gasteiger partial charge in [0, 0.05) is 37.9 Å². The van der Waals surface area contributed by atoms with Gasteiger partial charge in [0.1, 0.15) is 0 Å². The Bertz CT molecular complexity index is 388. The Morgan fingerprint density at radius 2 is 1.90 bits per heavy atom. The maximum atomic E-state index is 3.45. The van der Waals surface area contributed by atoms with E-state index in [-0.39, 0.29) is 0 Å². The smallest absolute Gasteiger partial charge is 0.0367 e. The fraction of sp³-hybridized carbons (Fsp3) is 0.647. The molecule has 1 unspecified atom stereocenters. The van der Waals surface area contributed by atoms with Crippen LogP contribution >= 0.6 is 0 Å². The van der Waals surface area contributed by atoms with Crippen LogP contribution in [0.4, 0.5) is 5.69 Å². The molecule has 1 aromatic rings. The van der Waals surface area contributed by atoms with Crippen molar-refractivity contribution in [2.24, 2.45) is 0 Å². The quantitative estimate of drug-likeness (QED) is 0.805. The van der Waals surface area contributed by atoms with Gasteiger partial charge in [-0.3, -0.25) is 4.90 Å². The minimum atomic E-state index is 0.689. The molecule has 2 rings (SSSR count). The number of piperazine rings is 1. The molecule has 1 N–H and O–H groups in total. The van der Waals surface area contributed by atoms with Crippen LogP contribution in [0.1, 0.15) is 32.3 Å². The normalized spacial score (nSPS) is 20.4. The lowest BCUT2D eigenvalue weighted by Gasteiger charge is -2.40. The third kappa shape index (κ3) is 3.97. The number of nitrogens with one attached hydrogen (secondary N) is 1. The summed E-state index contributed by atoms with van der Waals surface area (Å²) in [6.07, 6.45) is 2.42. The number of rotatable bonds is 6. The fourth-order valence-electron chi connectivity index (χ4n) is 2.86. The van der Waals surface area contributed by atoms with E-state index in [0.29, 0.717) is 6.04 Å². The maximum Gasteiger partial charge on any atom is 0.0367 e. The molecule has 1 atom stereocenters. The molecule has 112 valence electrons. The first-order chi connectivity index (χ1) is 9.74. The molecule has 0 bridgehead atoms. The van der Waals surface area contributed by atoms with E-state index in [4.69, 9.17) is 0 Å². The average molecular weight is 275 g/mol. The zero-order valence-corrected chi connectivity index (χ0v) is 13.2. The van der Waals surface area contributed by atoms with Gasteiger partial charge < -0.3 is 10.2 Å². The van der Waals surface area contributed by atoms with Gasteiger partial charge in [0.05, 0.1) is 0 Å². The van der Waals surface area contributed by atoms with Crippen LogP contribution in [0.15, 0.2) is 24.3 Å². The van der Waals surface area contributed by atoms with Crippen LogP contribution in [0.2, 0.25) is 0 Å². The molecule has 1 heterocycles. The highest BCUT2D eigenvalue weighted by molar-refractivity contribution is 5.48. The Balaban J connectivity index is 1.92. The summed E-state index contributed by atoms with van der Waals surface area (Å²) in [6.45, 7) is 10.0. The number of hydrogen-bond donors (Lipinski definition) is 1. The topological polar surface area (TPSA) is 18.5 Å². The van der Waals surface area contributed by atoms with Gasteiger partial charge in [-0.05, 0) is 44.1 Å². The SMILES string of the molecule is CCCNCc1ccc(N2CCN(C)C(CC)C2)cc1. The summed E-state index contributed by atoms with van der Waals surface area (Å²) >= 11 is 0. The van der Waals surface area contributed by atoms with E-state index >= 15 is 0 Å². The van der Waals surface area contributed by atoms with Crippen LogP contribution in [-0.4, -0.2) is 44.2 Å². The summed E-state index contributed by atoms with van der Waals surface area (Å²) in [5, 5.41) is 3.45. The van der Waals surface area contributed by atoms with Crippen molar-refractivity contribution in [3.8, 4) is 0 Å². The van der Waals surface area contributed by atoms with Crippen LogP contribution in [0.5, 0.6) is 0 Å². The highest BCUT2D eigenvalue weighted by Crippen LogP contribution is 2.20. The second kappa shape index (κ2) is 7.65. The van der Waals surface area contributed by atoms with Gasteiger partial charge in [-0.1, -0.05) is 26.0 Å². The third-order valence-electron chi connectivity index (χ3n) is 4.31. The minimum absolute atomic E-state index is 0.689. The second-order valence-corrected chi connectivity index (χ2v) is 5.83. The predicted molar refractivity (Wildman–Crippen MR) is 87.4 cm³/mol. The van der Waals surface area contributed by atoms with Gasteiger partial charge in [-0.25, -0.2) is 0 Å². The van der Waals surface area contributed by atoms with Crippen LogP contribution in [0.3, 0.4) is 0 Å². The molecule has 1 aliphatic heterocycles. The molecular formula is C17H29N3. The first-order valence-electron chi connectivity index (χ1n) is 7.99. The molecular weight excluding hydrogens is 246 g/mol. The lowest BCUT2D eigenvalue weighted by Crippen LogP contribution is -2.51. The van der Waals surface area contributed by atoms with Gasteiger partial charge in [0.15, 0.2) is 0 Å². The van der Waals surface area contributed by atoms with E-state index in [1.807, 2.05) is 0 Å². The highest BCUT2D eigenvalue weighted by atomic mass is 15.3. The van der Waals surface area contributed by atoms with E-state index in [2.05, 4.69) is 60.3 Å². The van der Waals surface area contributed by atoms with Crippen molar-refractivity contribution in [1.82, 2.24) is 10.2 Å². The summed E-state index contributed by atoms with van der Waals surface area (Å²) in [5.41, 5.74) is 2.75. The first-order valence-corrected chi connectivity index (χ1v) is 7.99. The zero-order valence-electron chi connectivity index (χ0n) is 13.2. The Labute approximate surface area is 124 Å². The molecule has 0 amide bonds. The molecule has 1 aromatic carbocycles. The molecule has 3 heteroatoms. The standard InChI is InChI=1S/C17H29N3/c1-4-10-18-13-15-6-8-17(9-7-15)20-12-11-19(3)16(5-2)14-20/h6-9,16,18H,4-5,10-14H2,1-3H3. The molecule has 1 saturated heterocycles. The molecule has 0 saturated carbocycles. The van der Waals surface area contributed by atoms with Crippen molar-refractivity contribution in [3.63, 3.8) is 0 Å². The first kappa shape index (κ1) is 15.3. The van der Waals surface area contributed by atoms with E-state index in [9.17, 15) is 0 Å². The van der Waals surface area contributed by atoms with Crippen LogP contribution in [0, 0.1) is 0 Å². The Morgan fingerprint density at radius 1 is 1.15 bits per heavy atom. The Morgan fingerprint density at radius 3 is 2.55 bits per heavy atom. The van der Waals surface area contributed by atoms with Gasteiger partial charge in [-0.2, -0.15) is 0 Å². The van der Waals surface area contributed by atoms with Crippen molar-refractivity contribution in [1.29, 1.82) is 0 Å². The molecule has 1 fully saturated rings. The molecule has 1 aliphatic rings. The van der Waals surface area contributed by atoms with Gasteiger partial charge in [0.2, 0.25) is 0 Å². The molecule has 3 nitrogen and oxygen atoms in total. The molecule has 0 spiro atoms. The number of anilines is 1. The molecule has 0 aromatic heterocycles. The summed E-state index contributed by atoms with van der Waals surface area (Å²) < 4.78 is 0. The zero-order chi connectivity index (χ0) is 14.4. The van der Waals surface area contributed by atoms with Crippen molar-refractivity contribution >= 4 is 5.69 Å². The lowest BCUT2D eigenvalue weighted by atomic mass is 10.1. The van der Waals surface area contributed by atoms with Gasteiger partial charge in [-0.15, -0.1) is 0 Å². The third-order valence-corrected chi connectivity index (χ3v) is 4.31. The van der Waals surface area contributed by atoms with Crippen molar-refractivity contribution in [3.05, 3.63) is 29.8 Å². The Kier molecular flexibility index (Phi) is 5.86. The number of nitrogens with zero attached hydrogens (tertiary/aromatic N) is 2. The summed E-state index contributed by atoms with van der Waals surface area (Å²) in [5.74, 6) is 0. The summed E-state index contributed by atoms with van der Waals surface area (Å²) in [6, 6.07) is 9.77. The minimum Gasteiger partial charge on any atom is -0.369 e. The lowest BCUT2D eigenvalue weighted by molar-refractivity contribution is 0.213. The van der Waals surface area contributed by atoms with E-state index in [1.54, 1.807) is 0 Å². The monoisotopic (exact) mass is 275 g/mol. The van der Waals surface area contributed by atoms with E-state index in [0.717, 1.165) is 32.7 Å². The van der Waals surface area contributed by atoms with Crippen molar-refractivity contribution in [2.45, 2.75) is 39.3 Å². The van der Waals surface area contributed by atoms with E-state index < -0.39 is 0 Å². The fourth-order valence-corrected chi connectivity index (χ4v) is 2.86. The number of likely N-dealkylation sites (N-methyl/N-ethyl adjacent to an activating group) is 1. The number of benzene rings is 1. The van der Waals surface area contributed by atoms with Gasteiger partial charge in [0.25, 0.3) is 0 Å². The molecule has 0 aliphatic carbocycles. The van der Waals surface area contributed by atoms with E-state index in [1.165, 1.54) is 24.1 Å². The maximum absolute atomic E-state index is 3.45. The largest absolute Gasteiger partial charge is 0.369 e. The number of hydrogen-bond acceptors (Lipinski definition) is 3. The second-order valence-electron chi connectivity index (χ2n) is 5.83. The molecule has 0 radical (unpaired) electrons. The molecule has 20 heavy (non-hydrogen) atoms. The summed E-state index contributed by atoms with van der Waals surface area (Å²) in [4.78, 5) is 5.01. The Hall–Kier alpha value is -1.06. The van der Waals surface area contributed by atoms with Crippen LogP contribution in [0.25, 0.3) is 0 Å².